The fourth-order valence-electron chi connectivity index (χ4n) is 5.82. The van der Waals surface area contributed by atoms with Crippen LogP contribution in [0, 0.1) is 23.2 Å². The highest BCUT2D eigenvalue weighted by atomic mass is 35.5. The minimum absolute atomic E-state index is 0.0357. The van der Waals surface area contributed by atoms with E-state index < -0.39 is 0 Å². The van der Waals surface area contributed by atoms with Crippen molar-refractivity contribution in [1.29, 1.82) is 0 Å². The van der Waals surface area contributed by atoms with Crippen LogP contribution in [0.15, 0.2) is 29.4 Å². The number of fused-ring (bicyclic) bond motifs is 2. The molecule has 3 fully saturated rings. The second-order valence-corrected chi connectivity index (χ2v) is 10.3. The fourth-order valence-corrected chi connectivity index (χ4v) is 5.95. The maximum absolute atomic E-state index is 13.1. The van der Waals surface area contributed by atoms with Crippen LogP contribution >= 0.6 is 11.6 Å². The Morgan fingerprint density at radius 3 is 2.62 bits per heavy atom. The molecule has 4 aliphatic rings. The van der Waals surface area contributed by atoms with Crippen LogP contribution in [0.5, 0.6) is 0 Å². The molecule has 1 aromatic rings. The Hall–Kier alpha value is -1.55. The molecule has 0 radical (unpaired) electrons. The van der Waals surface area contributed by atoms with Gasteiger partial charge in [-0.15, -0.1) is 0 Å². The zero-order valence-electron chi connectivity index (χ0n) is 18.1. The summed E-state index contributed by atoms with van der Waals surface area (Å²) in [7, 11) is 0. The highest BCUT2D eigenvalue weighted by molar-refractivity contribution is 6.30. The Bertz CT molecular complexity index is 788. The van der Waals surface area contributed by atoms with Crippen molar-refractivity contribution >= 4 is 23.3 Å². The zero-order chi connectivity index (χ0) is 20.8. The van der Waals surface area contributed by atoms with E-state index in [1.165, 1.54) is 12.0 Å². The number of hydrazone groups is 1. The molecule has 2 bridgehead atoms. The van der Waals surface area contributed by atoms with Crippen LogP contribution in [0.25, 0.3) is 0 Å². The minimum atomic E-state index is -0.0357. The number of nitrogens with zero attached hydrogens (tertiary/aromatic N) is 2. The van der Waals surface area contributed by atoms with E-state index in [-0.39, 0.29) is 18.0 Å². The van der Waals surface area contributed by atoms with Crippen LogP contribution in [0.3, 0.4) is 0 Å². The van der Waals surface area contributed by atoms with E-state index in [9.17, 15) is 4.79 Å². The summed E-state index contributed by atoms with van der Waals surface area (Å²) in [6, 6.07) is 8.21. The maximum atomic E-state index is 13.1. The number of hydrogen-bond acceptors (Lipinski definition) is 2. The number of benzene rings is 1. The Labute approximate surface area is 180 Å². The molecular weight excluding hydrogens is 382 g/mol. The number of carbonyl (C=O) groups is 1. The predicted octanol–water partition coefficient (Wildman–Crippen LogP) is 6.07. The number of hydrogen-bond donors (Lipinski definition) is 1. The van der Waals surface area contributed by atoms with Crippen molar-refractivity contribution in [2.75, 3.05) is 6.54 Å². The van der Waals surface area contributed by atoms with Crippen LogP contribution in [0.4, 0.5) is 4.79 Å². The molecule has 3 saturated carbocycles. The van der Waals surface area contributed by atoms with E-state index in [0.29, 0.717) is 17.9 Å². The van der Waals surface area contributed by atoms with Crippen molar-refractivity contribution < 1.29 is 4.79 Å². The van der Waals surface area contributed by atoms with Crippen LogP contribution in [0.1, 0.15) is 71.3 Å². The number of urea groups is 1. The van der Waals surface area contributed by atoms with E-state index >= 15 is 0 Å². The molecule has 5 atom stereocenters. The largest absolute Gasteiger partial charge is 0.338 e. The average molecular weight is 416 g/mol. The van der Waals surface area contributed by atoms with Gasteiger partial charge in [0.15, 0.2) is 0 Å². The molecule has 1 aromatic carbocycles. The van der Waals surface area contributed by atoms with Crippen molar-refractivity contribution in [2.24, 2.45) is 28.3 Å². The number of amides is 2. The van der Waals surface area contributed by atoms with Gasteiger partial charge in [0.05, 0.1) is 6.54 Å². The molecular formula is C24H34ClN3O. The molecule has 5 heteroatoms. The Kier molecular flexibility index (Phi) is 5.67. The quantitative estimate of drug-likeness (QED) is 0.623. The molecule has 1 aliphatic heterocycles. The Morgan fingerprint density at radius 1 is 1.28 bits per heavy atom. The van der Waals surface area contributed by atoms with Gasteiger partial charge in [-0.25, -0.2) is 9.80 Å². The van der Waals surface area contributed by atoms with Gasteiger partial charge >= 0.3 is 6.03 Å². The number of nitrogens with one attached hydrogen (secondary N) is 1. The van der Waals surface area contributed by atoms with Gasteiger partial charge in [-0.3, -0.25) is 0 Å². The van der Waals surface area contributed by atoms with E-state index in [0.717, 1.165) is 48.3 Å². The van der Waals surface area contributed by atoms with Gasteiger partial charge in [-0.1, -0.05) is 57.8 Å². The highest BCUT2D eigenvalue weighted by Gasteiger charge is 2.56. The Balaban J connectivity index is 1.44. The van der Waals surface area contributed by atoms with Crippen LogP contribution in [0.2, 0.25) is 5.02 Å². The van der Waals surface area contributed by atoms with Crippen molar-refractivity contribution in [1.82, 2.24) is 10.3 Å². The average Bonchev–Trinajstić information content (AvgIpc) is 3.12. The van der Waals surface area contributed by atoms with Gasteiger partial charge in [0, 0.05) is 22.7 Å². The molecule has 3 aliphatic carbocycles. The summed E-state index contributed by atoms with van der Waals surface area (Å²) in [5, 5.41) is 10.5. The lowest BCUT2D eigenvalue weighted by atomic mass is 9.45. The van der Waals surface area contributed by atoms with Crippen molar-refractivity contribution in [3.05, 3.63) is 34.9 Å². The summed E-state index contributed by atoms with van der Waals surface area (Å²) in [5.41, 5.74) is 2.73. The topological polar surface area (TPSA) is 44.7 Å². The summed E-state index contributed by atoms with van der Waals surface area (Å²) in [5.74, 6) is 2.14. The third kappa shape index (κ3) is 3.81. The molecule has 0 aromatic heterocycles. The second-order valence-electron chi connectivity index (χ2n) is 9.89. The van der Waals surface area contributed by atoms with Crippen LogP contribution < -0.4 is 5.32 Å². The lowest BCUT2D eigenvalue weighted by Crippen LogP contribution is -2.61. The minimum Gasteiger partial charge on any atom is -0.333 e. The second kappa shape index (κ2) is 7.94. The molecule has 1 unspecified atom stereocenters. The fraction of sp³-hybridized carbons (Fsp3) is 0.667. The van der Waals surface area contributed by atoms with Gasteiger partial charge in [0.1, 0.15) is 0 Å². The van der Waals surface area contributed by atoms with E-state index in [1.807, 2.05) is 12.1 Å². The summed E-state index contributed by atoms with van der Waals surface area (Å²) in [4.78, 5) is 13.1. The van der Waals surface area contributed by atoms with Gasteiger partial charge < -0.3 is 5.32 Å². The molecule has 0 saturated heterocycles. The summed E-state index contributed by atoms with van der Waals surface area (Å²) >= 11 is 6.07. The van der Waals surface area contributed by atoms with E-state index in [4.69, 9.17) is 16.7 Å². The van der Waals surface area contributed by atoms with Crippen molar-refractivity contribution in [3.63, 3.8) is 0 Å². The first kappa shape index (κ1) is 20.7. The SMILES string of the molecule is CCCCC1=NN(C(=O)N[C@@H]2C[C@H]3C[C@@H]([C@H]2C)C3(C)C)CC1c1ccc(Cl)cc1. The lowest BCUT2D eigenvalue weighted by molar-refractivity contribution is -0.113. The van der Waals surface area contributed by atoms with Gasteiger partial charge in [0.2, 0.25) is 0 Å². The normalized spacial score (nSPS) is 32.5. The molecule has 1 N–H and O–H groups in total. The third-order valence-electron chi connectivity index (χ3n) is 7.96. The van der Waals surface area contributed by atoms with Crippen molar-refractivity contribution in [3.8, 4) is 0 Å². The van der Waals surface area contributed by atoms with Gasteiger partial charge in [-0.05, 0) is 66.5 Å². The number of carbonyl (C=O) groups excluding carboxylic acids is 1. The smallest absolute Gasteiger partial charge is 0.333 e. The first-order valence-corrected chi connectivity index (χ1v) is 11.6. The third-order valence-corrected chi connectivity index (χ3v) is 8.22. The molecule has 5 rings (SSSR count). The van der Waals surface area contributed by atoms with Gasteiger partial charge in [-0.2, -0.15) is 5.10 Å². The Morgan fingerprint density at radius 2 is 2.00 bits per heavy atom. The maximum Gasteiger partial charge on any atom is 0.338 e. The standard InChI is InChI=1S/C24H34ClN3O/c1-5-6-7-21-19(16-8-10-18(25)11-9-16)14-28(27-21)23(29)26-22-13-17-12-20(15(22)2)24(17,3)4/h8-11,15,17,19-20,22H,5-7,12-14H2,1-4H3,(H,26,29)/t15-,17-,19?,20+,22-/m1/s1. The molecule has 158 valence electrons. The molecule has 2 amide bonds. The van der Waals surface area contributed by atoms with Crippen molar-refractivity contribution in [2.45, 2.75) is 71.8 Å². The van der Waals surface area contributed by atoms with Crippen LogP contribution in [-0.4, -0.2) is 29.3 Å². The molecule has 0 spiro atoms. The lowest BCUT2D eigenvalue weighted by Gasteiger charge is -2.62. The predicted molar refractivity (Wildman–Crippen MR) is 119 cm³/mol. The van der Waals surface area contributed by atoms with Crippen LogP contribution in [-0.2, 0) is 0 Å². The number of unbranched alkanes of at least 4 members (excludes halogenated alkanes) is 1. The molecule has 4 nitrogen and oxygen atoms in total. The number of halogens is 1. The molecule has 29 heavy (non-hydrogen) atoms. The highest BCUT2D eigenvalue weighted by Crippen LogP contribution is 2.61. The first-order valence-electron chi connectivity index (χ1n) is 11.2. The molecule has 1 heterocycles. The summed E-state index contributed by atoms with van der Waals surface area (Å²) in [6.45, 7) is 9.90. The van der Waals surface area contributed by atoms with E-state index in [2.05, 4.69) is 45.1 Å². The first-order chi connectivity index (χ1) is 13.8. The summed E-state index contributed by atoms with van der Waals surface area (Å²) < 4.78 is 0. The summed E-state index contributed by atoms with van der Waals surface area (Å²) in [6.07, 6.45) is 5.57. The van der Waals surface area contributed by atoms with E-state index in [1.54, 1.807) is 5.01 Å². The van der Waals surface area contributed by atoms with Gasteiger partial charge in [0.25, 0.3) is 0 Å². The monoisotopic (exact) mass is 415 g/mol. The number of rotatable bonds is 5. The zero-order valence-corrected chi connectivity index (χ0v) is 18.9.